The number of methoxy groups -OCH3 is 1. The molecule has 0 radical (unpaired) electrons. The lowest BCUT2D eigenvalue weighted by Gasteiger charge is -2.27. The Labute approximate surface area is 227 Å². The predicted molar refractivity (Wildman–Crippen MR) is 144 cm³/mol. The minimum atomic E-state index is -0.474. The van der Waals surface area contributed by atoms with Crippen LogP contribution in [0.1, 0.15) is 36.0 Å². The number of nitrogens with zero attached hydrogens (tertiary/aromatic N) is 3. The highest BCUT2D eigenvalue weighted by atomic mass is 127. The topological polar surface area (TPSA) is 99.9 Å². The van der Waals surface area contributed by atoms with Gasteiger partial charge in [0.05, 0.1) is 27.2 Å². The molecule has 2 aliphatic rings. The first-order valence-electron chi connectivity index (χ1n) is 11.4. The number of thioether (sulfide) groups is 1. The fourth-order valence-electron chi connectivity index (χ4n) is 4.03. The molecule has 2 saturated heterocycles. The monoisotopic (exact) mass is 617 g/mol. The number of piperidine rings is 1. The molecule has 2 heterocycles. The lowest BCUT2D eigenvalue weighted by Crippen LogP contribution is -2.44. The molecule has 2 aromatic rings. The highest BCUT2D eigenvalue weighted by Crippen LogP contribution is 2.37. The average molecular weight is 617 g/mol. The molecule has 0 bridgehead atoms. The second-order valence-electron chi connectivity index (χ2n) is 8.30. The predicted octanol–water partition coefficient (Wildman–Crippen LogP) is 4.80. The van der Waals surface area contributed by atoms with E-state index in [-0.39, 0.29) is 24.0 Å². The molecule has 0 aromatic heterocycles. The third-order valence-electron chi connectivity index (χ3n) is 5.94. The van der Waals surface area contributed by atoms with Gasteiger partial charge in [-0.1, -0.05) is 18.2 Å². The highest BCUT2D eigenvalue weighted by molar-refractivity contribution is 14.1. The molecule has 8 nitrogen and oxygen atoms in total. The number of imide groups is 1. The van der Waals surface area contributed by atoms with E-state index in [9.17, 15) is 19.6 Å². The molecule has 0 saturated carbocycles. The molecule has 2 aromatic carbocycles. The summed E-state index contributed by atoms with van der Waals surface area (Å²) in [6.45, 7) is 1.29. The SMILES string of the molecule is COc1cc(/C=C2\SC(=O)N(CC(=O)N3CCCCC3)C2=O)cc(I)c1OCc1ccccc1C#N. The maximum atomic E-state index is 12.9. The summed E-state index contributed by atoms with van der Waals surface area (Å²) in [6.07, 6.45) is 4.60. The fraction of sp³-hybridized carbons (Fsp3) is 0.308. The molecular weight excluding hydrogens is 593 g/mol. The van der Waals surface area contributed by atoms with Crippen LogP contribution >= 0.6 is 34.4 Å². The smallest absolute Gasteiger partial charge is 0.294 e. The van der Waals surface area contributed by atoms with E-state index in [0.29, 0.717) is 35.7 Å². The third kappa shape index (κ3) is 5.84. The lowest BCUT2D eigenvalue weighted by atomic mass is 10.1. The molecule has 0 aliphatic carbocycles. The summed E-state index contributed by atoms with van der Waals surface area (Å²) in [4.78, 5) is 41.0. The first-order valence-corrected chi connectivity index (χ1v) is 13.3. The molecule has 36 heavy (non-hydrogen) atoms. The summed E-state index contributed by atoms with van der Waals surface area (Å²) in [5, 5.41) is 8.85. The summed E-state index contributed by atoms with van der Waals surface area (Å²) in [5.74, 6) is 0.303. The molecule has 2 aliphatic heterocycles. The van der Waals surface area contributed by atoms with Gasteiger partial charge in [0.25, 0.3) is 11.1 Å². The Morgan fingerprint density at radius 2 is 1.94 bits per heavy atom. The average Bonchev–Trinajstić information content (AvgIpc) is 3.15. The van der Waals surface area contributed by atoms with Gasteiger partial charge in [0.15, 0.2) is 11.5 Å². The molecule has 0 N–H and O–H groups in total. The highest BCUT2D eigenvalue weighted by Gasteiger charge is 2.37. The van der Waals surface area contributed by atoms with Crippen LogP contribution in [-0.4, -0.2) is 53.6 Å². The van der Waals surface area contributed by atoms with Crippen LogP contribution in [0.15, 0.2) is 41.3 Å². The Kier molecular flexibility index (Phi) is 8.53. The van der Waals surface area contributed by atoms with Crippen molar-refractivity contribution < 1.29 is 23.9 Å². The van der Waals surface area contributed by atoms with Crippen molar-refractivity contribution in [1.82, 2.24) is 9.80 Å². The number of halogens is 1. The van der Waals surface area contributed by atoms with E-state index in [1.807, 2.05) is 18.2 Å². The van der Waals surface area contributed by atoms with E-state index in [0.717, 1.165) is 45.1 Å². The van der Waals surface area contributed by atoms with Gasteiger partial charge in [-0.25, -0.2) is 0 Å². The zero-order valence-electron chi connectivity index (χ0n) is 19.7. The van der Waals surface area contributed by atoms with Crippen molar-refractivity contribution in [1.29, 1.82) is 5.26 Å². The van der Waals surface area contributed by atoms with E-state index in [4.69, 9.17) is 9.47 Å². The van der Waals surface area contributed by atoms with Gasteiger partial charge in [0, 0.05) is 18.7 Å². The Morgan fingerprint density at radius 3 is 2.67 bits per heavy atom. The second-order valence-corrected chi connectivity index (χ2v) is 10.5. The fourth-order valence-corrected chi connectivity index (χ4v) is 5.65. The van der Waals surface area contributed by atoms with Crippen molar-refractivity contribution in [3.8, 4) is 17.6 Å². The molecule has 3 amide bonds. The zero-order valence-corrected chi connectivity index (χ0v) is 22.6. The van der Waals surface area contributed by atoms with Gasteiger partial charge in [-0.3, -0.25) is 19.3 Å². The molecule has 10 heteroatoms. The Morgan fingerprint density at radius 1 is 1.19 bits per heavy atom. The number of hydrogen-bond acceptors (Lipinski definition) is 7. The van der Waals surface area contributed by atoms with Crippen LogP contribution in [0.2, 0.25) is 0 Å². The number of rotatable bonds is 7. The van der Waals surface area contributed by atoms with Gasteiger partial charge in [0.2, 0.25) is 5.91 Å². The number of ether oxygens (including phenoxy) is 2. The van der Waals surface area contributed by atoms with Crippen LogP contribution in [0.4, 0.5) is 4.79 Å². The van der Waals surface area contributed by atoms with E-state index in [1.165, 1.54) is 7.11 Å². The van der Waals surface area contributed by atoms with Gasteiger partial charge in [-0.2, -0.15) is 5.26 Å². The first-order chi connectivity index (χ1) is 17.4. The number of carbonyl (C=O) groups is 3. The summed E-state index contributed by atoms with van der Waals surface area (Å²) in [6, 6.07) is 12.9. The van der Waals surface area contributed by atoms with Crippen molar-refractivity contribution in [3.05, 3.63) is 61.6 Å². The maximum absolute atomic E-state index is 12.9. The minimum absolute atomic E-state index is 0.194. The van der Waals surface area contributed by atoms with Crippen LogP contribution in [-0.2, 0) is 16.2 Å². The van der Waals surface area contributed by atoms with Crippen LogP contribution in [0.25, 0.3) is 6.08 Å². The molecule has 186 valence electrons. The van der Waals surface area contributed by atoms with Crippen molar-refractivity contribution in [2.75, 3.05) is 26.7 Å². The minimum Gasteiger partial charge on any atom is -0.493 e. The number of amides is 3. The Balaban J connectivity index is 1.49. The van der Waals surface area contributed by atoms with Crippen LogP contribution in [0.3, 0.4) is 0 Å². The van der Waals surface area contributed by atoms with Gasteiger partial charge in [-0.15, -0.1) is 0 Å². The molecule has 0 atom stereocenters. The summed E-state index contributed by atoms with van der Waals surface area (Å²) >= 11 is 2.94. The summed E-state index contributed by atoms with van der Waals surface area (Å²) < 4.78 is 12.3. The van der Waals surface area contributed by atoms with E-state index in [2.05, 4.69) is 28.7 Å². The van der Waals surface area contributed by atoms with Crippen molar-refractivity contribution in [2.45, 2.75) is 25.9 Å². The van der Waals surface area contributed by atoms with Gasteiger partial charge in [0.1, 0.15) is 13.2 Å². The third-order valence-corrected chi connectivity index (χ3v) is 7.64. The summed E-state index contributed by atoms with van der Waals surface area (Å²) in [5.41, 5.74) is 1.96. The molecule has 4 rings (SSSR count). The Bertz CT molecular complexity index is 1270. The standard InChI is InChI=1S/C26H24IN3O5S/c1-34-21-12-17(11-20(27)24(21)35-16-19-8-4-3-7-18(19)14-28)13-22-25(32)30(26(33)36-22)15-23(31)29-9-5-2-6-10-29/h3-4,7-8,11-13H,2,5-6,9-10,15-16H2,1H3/b22-13-. The number of carbonyl (C=O) groups excluding carboxylic acids is 3. The van der Waals surface area contributed by atoms with Gasteiger partial charge >= 0.3 is 0 Å². The molecule has 0 unspecified atom stereocenters. The molecular formula is C26H24IN3O5S. The van der Waals surface area contributed by atoms with Gasteiger partial charge < -0.3 is 14.4 Å². The van der Waals surface area contributed by atoms with Gasteiger partial charge in [-0.05, 0) is 83.5 Å². The van der Waals surface area contributed by atoms with E-state index >= 15 is 0 Å². The number of likely N-dealkylation sites (tertiary alicyclic amines) is 1. The first kappa shape index (κ1) is 26.0. The normalized spacial score (nSPS) is 16.9. The second kappa shape index (κ2) is 11.8. The maximum Gasteiger partial charge on any atom is 0.294 e. The van der Waals surface area contributed by atoms with E-state index < -0.39 is 11.1 Å². The van der Waals surface area contributed by atoms with E-state index in [1.54, 1.807) is 29.2 Å². The quantitative estimate of drug-likeness (QED) is 0.325. The van der Waals surface area contributed by atoms with Crippen LogP contribution in [0.5, 0.6) is 11.5 Å². The van der Waals surface area contributed by atoms with Crippen LogP contribution in [0, 0.1) is 14.9 Å². The number of benzene rings is 2. The zero-order chi connectivity index (χ0) is 25.7. The van der Waals surface area contributed by atoms with Crippen molar-refractivity contribution in [2.24, 2.45) is 0 Å². The summed E-state index contributed by atoms with van der Waals surface area (Å²) in [7, 11) is 1.52. The lowest BCUT2D eigenvalue weighted by molar-refractivity contribution is -0.136. The number of nitriles is 1. The van der Waals surface area contributed by atoms with Crippen molar-refractivity contribution in [3.63, 3.8) is 0 Å². The number of hydrogen-bond donors (Lipinski definition) is 0. The molecule has 2 fully saturated rings. The molecule has 0 spiro atoms. The largest absolute Gasteiger partial charge is 0.493 e. The van der Waals surface area contributed by atoms with Crippen molar-refractivity contribution >= 4 is 57.5 Å². The van der Waals surface area contributed by atoms with Crippen LogP contribution < -0.4 is 9.47 Å². The Hall–Kier alpha value is -3.04.